The van der Waals surface area contributed by atoms with E-state index in [9.17, 15) is 9.59 Å². The molecule has 0 saturated carbocycles. The predicted molar refractivity (Wildman–Crippen MR) is 80.4 cm³/mol. The molecule has 0 spiro atoms. The molecule has 0 N–H and O–H groups in total. The van der Waals surface area contributed by atoms with Crippen LogP contribution in [0.4, 0.5) is 0 Å². The Labute approximate surface area is 128 Å². The molecule has 0 aromatic heterocycles. The normalized spacial score (nSPS) is 18.9. The van der Waals surface area contributed by atoms with Gasteiger partial charge in [-0.3, -0.25) is 9.59 Å². The van der Waals surface area contributed by atoms with E-state index in [0.29, 0.717) is 28.6 Å². The summed E-state index contributed by atoms with van der Waals surface area (Å²) in [7, 11) is 0. The van der Waals surface area contributed by atoms with Crippen LogP contribution in [0.25, 0.3) is 0 Å². The molecule has 5 heteroatoms. The second kappa shape index (κ2) is 6.59. The van der Waals surface area contributed by atoms with Gasteiger partial charge in [0, 0.05) is 24.6 Å². The first-order valence-electron chi connectivity index (χ1n) is 6.74. The first-order valence-corrected chi connectivity index (χ1v) is 7.50. The number of carbonyl (C=O) groups excluding carboxylic acids is 2. The highest BCUT2D eigenvalue weighted by Gasteiger charge is 2.28. The van der Waals surface area contributed by atoms with Crippen molar-refractivity contribution >= 4 is 34.9 Å². The van der Waals surface area contributed by atoms with Crippen LogP contribution >= 0.6 is 23.2 Å². The van der Waals surface area contributed by atoms with E-state index < -0.39 is 0 Å². The topological polar surface area (TPSA) is 37.4 Å². The first-order chi connectivity index (χ1) is 9.49. The standard InChI is InChI=1S/C15H17Cl2NO2/c1-10(19)8-12-4-2-3-7-18(12)15(20)11-5-6-13(16)14(17)9-11/h5-6,9,12H,2-4,7-8H2,1H3. The van der Waals surface area contributed by atoms with Crippen molar-refractivity contribution in [3.63, 3.8) is 0 Å². The third-order valence-electron chi connectivity index (χ3n) is 3.58. The SMILES string of the molecule is CC(=O)CC1CCCCN1C(=O)c1ccc(Cl)c(Cl)c1. The van der Waals surface area contributed by atoms with Crippen molar-refractivity contribution in [3.8, 4) is 0 Å². The van der Waals surface area contributed by atoms with Crippen molar-refractivity contribution in [2.24, 2.45) is 0 Å². The minimum Gasteiger partial charge on any atom is -0.335 e. The summed E-state index contributed by atoms with van der Waals surface area (Å²) < 4.78 is 0. The van der Waals surface area contributed by atoms with Gasteiger partial charge in [-0.25, -0.2) is 0 Å². The monoisotopic (exact) mass is 313 g/mol. The summed E-state index contributed by atoms with van der Waals surface area (Å²) >= 11 is 11.8. The predicted octanol–water partition coefficient (Wildman–Crippen LogP) is 3.97. The number of benzene rings is 1. The largest absolute Gasteiger partial charge is 0.335 e. The maximum Gasteiger partial charge on any atom is 0.254 e. The number of Topliss-reactive ketones (excluding diaryl/α,β-unsaturated/α-hetero) is 1. The second-order valence-corrected chi connectivity index (χ2v) is 6.00. The number of nitrogens with zero attached hydrogens (tertiary/aromatic N) is 1. The molecule has 1 heterocycles. The average molecular weight is 314 g/mol. The summed E-state index contributed by atoms with van der Waals surface area (Å²) in [6.07, 6.45) is 3.34. The molecule has 20 heavy (non-hydrogen) atoms. The number of piperidine rings is 1. The quantitative estimate of drug-likeness (QED) is 0.846. The Hall–Kier alpha value is -1.06. The molecule has 108 valence electrons. The van der Waals surface area contributed by atoms with Gasteiger partial charge in [-0.1, -0.05) is 23.2 Å². The number of carbonyl (C=O) groups is 2. The lowest BCUT2D eigenvalue weighted by atomic mass is 9.97. The summed E-state index contributed by atoms with van der Waals surface area (Å²) in [5.41, 5.74) is 0.523. The van der Waals surface area contributed by atoms with E-state index >= 15 is 0 Å². The maximum absolute atomic E-state index is 12.6. The molecule has 1 aliphatic rings. The number of ketones is 1. The zero-order chi connectivity index (χ0) is 14.7. The van der Waals surface area contributed by atoms with Crippen LogP contribution in [0.3, 0.4) is 0 Å². The number of halogens is 2. The Morgan fingerprint density at radius 1 is 1.25 bits per heavy atom. The number of rotatable bonds is 3. The Balaban J connectivity index is 2.20. The van der Waals surface area contributed by atoms with E-state index in [1.807, 2.05) is 0 Å². The molecule has 1 unspecified atom stereocenters. The van der Waals surface area contributed by atoms with Crippen LogP contribution in [-0.4, -0.2) is 29.2 Å². The maximum atomic E-state index is 12.6. The highest BCUT2D eigenvalue weighted by molar-refractivity contribution is 6.42. The van der Waals surface area contributed by atoms with Gasteiger partial charge in [0.25, 0.3) is 5.91 Å². The molecule has 1 aliphatic heterocycles. The smallest absolute Gasteiger partial charge is 0.254 e. The number of hydrogen-bond donors (Lipinski definition) is 0. The lowest BCUT2D eigenvalue weighted by Crippen LogP contribution is -2.44. The third kappa shape index (κ3) is 3.53. The molecule has 1 saturated heterocycles. The van der Waals surface area contributed by atoms with Gasteiger partial charge in [0.15, 0.2) is 0 Å². The highest BCUT2D eigenvalue weighted by atomic mass is 35.5. The number of hydrogen-bond acceptors (Lipinski definition) is 2. The van der Waals surface area contributed by atoms with Gasteiger partial charge in [-0.2, -0.15) is 0 Å². The van der Waals surface area contributed by atoms with Crippen LogP contribution in [0.2, 0.25) is 10.0 Å². The Morgan fingerprint density at radius 3 is 2.65 bits per heavy atom. The summed E-state index contributed by atoms with van der Waals surface area (Å²) in [4.78, 5) is 25.7. The van der Waals surface area contributed by atoms with Crippen LogP contribution in [0.5, 0.6) is 0 Å². The molecule has 1 fully saturated rings. The lowest BCUT2D eigenvalue weighted by molar-refractivity contribution is -0.118. The molecule has 1 aromatic rings. The van der Waals surface area contributed by atoms with Gasteiger partial charge >= 0.3 is 0 Å². The van der Waals surface area contributed by atoms with Gasteiger partial charge in [-0.15, -0.1) is 0 Å². The van der Waals surface area contributed by atoms with E-state index in [0.717, 1.165) is 19.3 Å². The minimum atomic E-state index is -0.0745. The summed E-state index contributed by atoms with van der Waals surface area (Å²) in [6, 6.07) is 4.89. The molecule has 2 rings (SSSR count). The molecular weight excluding hydrogens is 297 g/mol. The fourth-order valence-corrected chi connectivity index (χ4v) is 2.91. The molecule has 3 nitrogen and oxygen atoms in total. The van der Waals surface area contributed by atoms with Crippen molar-refractivity contribution in [2.45, 2.75) is 38.6 Å². The van der Waals surface area contributed by atoms with Crippen LogP contribution in [0.15, 0.2) is 18.2 Å². The van der Waals surface area contributed by atoms with Gasteiger partial charge in [0.05, 0.1) is 10.0 Å². The summed E-state index contributed by atoms with van der Waals surface area (Å²) in [5, 5.41) is 0.805. The van der Waals surface area contributed by atoms with Crippen molar-refractivity contribution in [3.05, 3.63) is 33.8 Å². The van der Waals surface area contributed by atoms with Gasteiger partial charge < -0.3 is 4.90 Å². The molecule has 0 radical (unpaired) electrons. The average Bonchev–Trinajstić information content (AvgIpc) is 2.41. The molecule has 0 aliphatic carbocycles. The first kappa shape index (κ1) is 15.3. The van der Waals surface area contributed by atoms with Gasteiger partial charge in [0.1, 0.15) is 5.78 Å². The molecule has 1 amide bonds. The van der Waals surface area contributed by atoms with Gasteiger partial charge in [-0.05, 0) is 44.4 Å². The minimum absolute atomic E-state index is 0.00297. The Morgan fingerprint density at radius 2 is 2.00 bits per heavy atom. The van der Waals surface area contributed by atoms with Crippen LogP contribution < -0.4 is 0 Å². The summed E-state index contributed by atoms with van der Waals surface area (Å²) in [6.45, 7) is 2.26. The zero-order valence-electron chi connectivity index (χ0n) is 11.4. The molecule has 1 atom stereocenters. The molecule has 0 bridgehead atoms. The van der Waals surface area contributed by atoms with Crippen LogP contribution in [0.1, 0.15) is 43.0 Å². The zero-order valence-corrected chi connectivity index (χ0v) is 12.9. The van der Waals surface area contributed by atoms with Crippen LogP contribution in [-0.2, 0) is 4.79 Å². The number of amides is 1. The van der Waals surface area contributed by atoms with Gasteiger partial charge in [0.2, 0.25) is 0 Å². The molecule has 1 aromatic carbocycles. The van der Waals surface area contributed by atoms with E-state index in [-0.39, 0.29) is 17.7 Å². The van der Waals surface area contributed by atoms with Crippen LogP contribution in [0, 0.1) is 0 Å². The van der Waals surface area contributed by atoms with Crippen molar-refractivity contribution in [1.29, 1.82) is 0 Å². The fraction of sp³-hybridized carbons (Fsp3) is 0.467. The van der Waals surface area contributed by atoms with E-state index in [4.69, 9.17) is 23.2 Å². The lowest BCUT2D eigenvalue weighted by Gasteiger charge is -2.35. The van der Waals surface area contributed by atoms with Crippen molar-refractivity contribution < 1.29 is 9.59 Å². The van der Waals surface area contributed by atoms with Crippen molar-refractivity contribution in [1.82, 2.24) is 4.90 Å². The molecular formula is C15H17Cl2NO2. The van der Waals surface area contributed by atoms with Crippen molar-refractivity contribution in [2.75, 3.05) is 6.54 Å². The number of likely N-dealkylation sites (tertiary alicyclic amines) is 1. The fourth-order valence-electron chi connectivity index (χ4n) is 2.61. The van der Waals surface area contributed by atoms with E-state index in [1.54, 1.807) is 30.0 Å². The summed E-state index contributed by atoms with van der Waals surface area (Å²) in [5.74, 6) is 0.0401. The van der Waals surface area contributed by atoms with E-state index in [1.165, 1.54) is 0 Å². The third-order valence-corrected chi connectivity index (χ3v) is 4.32. The second-order valence-electron chi connectivity index (χ2n) is 5.18. The highest BCUT2D eigenvalue weighted by Crippen LogP contribution is 2.26. The Bertz CT molecular complexity index is 531. The Kier molecular flexibility index (Phi) is 5.06. The van der Waals surface area contributed by atoms with E-state index in [2.05, 4.69) is 0 Å².